The molecule has 0 bridgehead atoms. The number of carbonyl (C=O) groups is 1. The predicted molar refractivity (Wildman–Crippen MR) is 107 cm³/mol. The Morgan fingerprint density at radius 2 is 1.82 bits per heavy atom. The molecule has 3 rings (SSSR count). The number of hydrogen-bond donors (Lipinski definition) is 2. The van der Waals surface area contributed by atoms with E-state index in [1.165, 1.54) is 23.5 Å². The van der Waals surface area contributed by atoms with Crippen molar-refractivity contribution in [2.75, 3.05) is 0 Å². The Balaban J connectivity index is 1.59. The van der Waals surface area contributed by atoms with Gasteiger partial charge in [0.25, 0.3) is 5.91 Å². The number of primary sulfonamides is 1. The fourth-order valence-corrected chi connectivity index (χ4v) is 3.86. The van der Waals surface area contributed by atoms with Gasteiger partial charge >= 0.3 is 0 Å². The number of thiazole rings is 1. The van der Waals surface area contributed by atoms with E-state index >= 15 is 0 Å². The average molecular weight is 418 g/mol. The lowest BCUT2D eigenvalue weighted by molar-refractivity contribution is 0.0954. The summed E-state index contributed by atoms with van der Waals surface area (Å²) in [5.41, 5.74) is 1.40. The maximum atomic E-state index is 12.5. The highest BCUT2D eigenvalue weighted by molar-refractivity contribution is 7.89. The van der Waals surface area contributed by atoms with E-state index in [1.807, 2.05) is 30.3 Å². The Morgan fingerprint density at radius 3 is 2.46 bits per heavy atom. The maximum Gasteiger partial charge on any atom is 0.263 e. The van der Waals surface area contributed by atoms with Crippen LogP contribution in [0.3, 0.4) is 0 Å². The minimum Gasteiger partial charge on any atom is -0.486 e. The van der Waals surface area contributed by atoms with E-state index < -0.39 is 10.0 Å². The van der Waals surface area contributed by atoms with Crippen LogP contribution in [0.2, 0.25) is 0 Å². The molecule has 28 heavy (non-hydrogen) atoms. The minimum atomic E-state index is -3.73. The van der Waals surface area contributed by atoms with Crippen molar-refractivity contribution in [2.45, 2.75) is 25.0 Å². The first kappa shape index (κ1) is 20.0. The van der Waals surface area contributed by atoms with Crippen LogP contribution in [0.15, 0.2) is 59.5 Å². The highest BCUT2D eigenvalue weighted by Gasteiger charge is 2.15. The maximum absolute atomic E-state index is 12.5. The number of para-hydroxylation sites is 1. The number of aromatic nitrogens is 1. The van der Waals surface area contributed by atoms with Gasteiger partial charge in [0.15, 0.2) is 0 Å². The van der Waals surface area contributed by atoms with Gasteiger partial charge in [-0.15, -0.1) is 11.3 Å². The lowest BCUT2D eigenvalue weighted by Crippen LogP contribution is -2.22. The molecular formula is C19H19N3O4S2. The van der Waals surface area contributed by atoms with Gasteiger partial charge < -0.3 is 10.1 Å². The molecule has 146 valence electrons. The molecule has 0 unspecified atom stereocenters. The monoisotopic (exact) mass is 417 g/mol. The largest absolute Gasteiger partial charge is 0.486 e. The average Bonchev–Trinajstić information content (AvgIpc) is 3.06. The number of nitrogens with two attached hydrogens (primary N) is 1. The predicted octanol–water partition coefficient (Wildman–Crippen LogP) is 2.61. The van der Waals surface area contributed by atoms with Crippen molar-refractivity contribution >= 4 is 27.3 Å². The molecule has 7 nitrogen and oxygen atoms in total. The van der Waals surface area contributed by atoms with E-state index in [0.717, 1.165) is 11.3 Å². The van der Waals surface area contributed by atoms with Crippen LogP contribution in [-0.2, 0) is 23.2 Å². The molecule has 3 N–H and O–H groups in total. The molecule has 9 heteroatoms. The third kappa shape index (κ3) is 5.16. The molecule has 0 aliphatic rings. The molecule has 0 spiro atoms. The fourth-order valence-electron chi connectivity index (χ4n) is 2.45. The first-order valence-corrected chi connectivity index (χ1v) is 10.7. The van der Waals surface area contributed by atoms with Crippen molar-refractivity contribution in [3.05, 3.63) is 75.7 Å². The van der Waals surface area contributed by atoms with Crippen molar-refractivity contribution in [1.82, 2.24) is 10.3 Å². The van der Waals surface area contributed by atoms with Gasteiger partial charge in [-0.2, -0.15) is 0 Å². The number of rotatable bonds is 7. The lowest BCUT2D eigenvalue weighted by atomic mass is 10.2. The second-order valence-corrected chi connectivity index (χ2v) is 8.64. The van der Waals surface area contributed by atoms with Gasteiger partial charge in [-0.1, -0.05) is 30.3 Å². The molecule has 0 saturated carbocycles. The van der Waals surface area contributed by atoms with Crippen LogP contribution in [0, 0.1) is 6.92 Å². The molecule has 0 atom stereocenters. The molecule has 3 aromatic rings. The number of amides is 1. The van der Waals surface area contributed by atoms with E-state index in [9.17, 15) is 13.2 Å². The smallest absolute Gasteiger partial charge is 0.263 e. The molecule has 2 aromatic carbocycles. The Morgan fingerprint density at radius 1 is 1.14 bits per heavy atom. The number of sulfonamides is 1. The number of nitrogens with one attached hydrogen (secondary N) is 1. The SMILES string of the molecule is Cc1nc(COc2ccccc2)sc1C(=O)NCc1ccc(S(N)(=O)=O)cc1. The van der Waals surface area contributed by atoms with Gasteiger partial charge in [-0.3, -0.25) is 4.79 Å². The summed E-state index contributed by atoms with van der Waals surface area (Å²) in [5, 5.41) is 8.60. The molecule has 0 saturated heterocycles. The van der Waals surface area contributed by atoms with Crippen LogP contribution in [0.1, 0.15) is 25.9 Å². The number of nitrogens with zero attached hydrogens (tertiary/aromatic N) is 1. The van der Waals surface area contributed by atoms with Gasteiger partial charge in [0.1, 0.15) is 22.2 Å². The van der Waals surface area contributed by atoms with Crippen molar-refractivity contribution in [2.24, 2.45) is 5.14 Å². The lowest BCUT2D eigenvalue weighted by Gasteiger charge is -2.05. The van der Waals surface area contributed by atoms with E-state index in [-0.39, 0.29) is 24.0 Å². The zero-order valence-electron chi connectivity index (χ0n) is 15.1. The standard InChI is InChI=1S/C19H19N3O4S2/c1-13-18(27-17(22-13)12-26-15-5-3-2-4-6-15)19(23)21-11-14-7-9-16(10-8-14)28(20,24)25/h2-10H,11-12H2,1H3,(H,21,23)(H2,20,24,25). The molecule has 1 aromatic heterocycles. The van der Waals surface area contributed by atoms with Crippen LogP contribution in [-0.4, -0.2) is 19.3 Å². The summed E-state index contributed by atoms with van der Waals surface area (Å²) >= 11 is 1.28. The molecule has 0 fully saturated rings. The number of carbonyl (C=O) groups excluding carboxylic acids is 1. The van der Waals surface area contributed by atoms with Gasteiger partial charge in [0.05, 0.1) is 10.6 Å². The van der Waals surface area contributed by atoms with Gasteiger partial charge in [0, 0.05) is 6.54 Å². The molecule has 1 heterocycles. The van der Waals surface area contributed by atoms with Crippen molar-refractivity contribution < 1.29 is 17.9 Å². The number of benzene rings is 2. The Bertz CT molecular complexity index is 1060. The van der Waals surface area contributed by atoms with Crippen LogP contribution in [0.4, 0.5) is 0 Å². The molecule has 0 aliphatic carbocycles. The molecule has 1 amide bonds. The van der Waals surface area contributed by atoms with Crippen LogP contribution in [0.5, 0.6) is 5.75 Å². The normalized spacial score (nSPS) is 11.2. The zero-order valence-corrected chi connectivity index (χ0v) is 16.7. The van der Waals surface area contributed by atoms with E-state index in [4.69, 9.17) is 9.88 Å². The third-order valence-electron chi connectivity index (χ3n) is 3.86. The molecule has 0 radical (unpaired) electrons. The highest BCUT2D eigenvalue weighted by Crippen LogP contribution is 2.20. The van der Waals surface area contributed by atoms with Gasteiger partial charge in [-0.25, -0.2) is 18.5 Å². The van der Waals surface area contributed by atoms with E-state index in [2.05, 4.69) is 10.3 Å². The van der Waals surface area contributed by atoms with Crippen molar-refractivity contribution in [3.8, 4) is 5.75 Å². The van der Waals surface area contributed by atoms with Crippen LogP contribution >= 0.6 is 11.3 Å². The summed E-state index contributed by atoms with van der Waals surface area (Å²) in [6.07, 6.45) is 0. The molecular weight excluding hydrogens is 398 g/mol. The van der Waals surface area contributed by atoms with Crippen molar-refractivity contribution in [3.63, 3.8) is 0 Å². The summed E-state index contributed by atoms with van der Waals surface area (Å²) in [6, 6.07) is 15.4. The van der Waals surface area contributed by atoms with Gasteiger partial charge in [-0.05, 0) is 36.8 Å². The summed E-state index contributed by atoms with van der Waals surface area (Å²) < 4.78 is 28.2. The Kier molecular flexibility index (Phi) is 6.08. The van der Waals surface area contributed by atoms with Crippen molar-refractivity contribution in [1.29, 1.82) is 0 Å². The zero-order chi connectivity index (χ0) is 20.1. The summed E-state index contributed by atoms with van der Waals surface area (Å²) in [7, 11) is -3.73. The Hall–Kier alpha value is -2.75. The number of aryl methyl sites for hydroxylation is 1. The topological polar surface area (TPSA) is 111 Å². The highest BCUT2D eigenvalue weighted by atomic mass is 32.2. The minimum absolute atomic E-state index is 0.0314. The quantitative estimate of drug-likeness (QED) is 0.614. The summed E-state index contributed by atoms with van der Waals surface area (Å²) in [5.74, 6) is 0.501. The number of hydrogen-bond acceptors (Lipinski definition) is 6. The first-order valence-electron chi connectivity index (χ1n) is 8.37. The van der Waals surface area contributed by atoms with Crippen LogP contribution < -0.4 is 15.2 Å². The van der Waals surface area contributed by atoms with Gasteiger partial charge in [0.2, 0.25) is 10.0 Å². The van der Waals surface area contributed by atoms with Crippen LogP contribution in [0.25, 0.3) is 0 Å². The second-order valence-electron chi connectivity index (χ2n) is 6.00. The third-order valence-corrected chi connectivity index (χ3v) is 5.92. The summed E-state index contributed by atoms with van der Waals surface area (Å²) in [4.78, 5) is 17.4. The van der Waals surface area contributed by atoms with E-state index in [1.54, 1.807) is 19.1 Å². The molecule has 0 aliphatic heterocycles. The first-order chi connectivity index (χ1) is 13.3. The Labute approximate surface area is 167 Å². The number of ether oxygens (including phenoxy) is 1. The summed E-state index contributed by atoms with van der Waals surface area (Å²) in [6.45, 7) is 2.33. The fraction of sp³-hybridized carbons (Fsp3) is 0.158. The van der Waals surface area contributed by atoms with E-state index in [0.29, 0.717) is 15.6 Å². The second kappa shape index (κ2) is 8.51.